The Morgan fingerprint density at radius 2 is 2.05 bits per heavy atom. The SMILES string of the molecule is O=C(NC1CCCC1)c1csc(C2CC2NCC2CC2)c1. The number of amides is 1. The lowest BCUT2D eigenvalue weighted by Crippen LogP contribution is -2.32. The van der Waals surface area contributed by atoms with Crippen molar-refractivity contribution in [1.29, 1.82) is 0 Å². The molecule has 3 fully saturated rings. The fraction of sp³-hybridized carbons (Fsp3) is 0.706. The number of hydrogen-bond donors (Lipinski definition) is 2. The molecule has 3 aliphatic carbocycles. The maximum Gasteiger partial charge on any atom is 0.252 e. The zero-order valence-corrected chi connectivity index (χ0v) is 13.3. The van der Waals surface area contributed by atoms with Crippen molar-refractivity contribution in [3.63, 3.8) is 0 Å². The van der Waals surface area contributed by atoms with Gasteiger partial charge in [-0.3, -0.25) is 4.79 Å². The van der Waals surface area contributed by atoms with Gasteiger partial charge in [-0.05, 0) is 50.6 Å². The van der Waals surface area contributed by atoms with Crippen molar-refractivity contribution >= 4 is 17.2 Å². The van der Waals surface area contributed by atoms with Crippen LogP contribution in [0.2, 0.25) is 0 Å². The van der Waals surface area contributed by atoms with Crippen LogP contribution in [0.3, 0.4) is 0 Å². The molecule has 1 heterocycles. The third-order valence-electron chi connectivity index (χ3n) is 5.09. The molecule has 2 N–H and O–H groups in total. The summed E-state index contributed by atoms with van der Waals surface area (Å²) in [7, 11) is 0. The van der Waals surface area contributed by atoms with Crippen molar-refractivity contribution in [3.05, 3.63) is 21.9 Å². The molecule has 3 aliphatic rings. The van der Waals surface area contributed by atoms with Gasteiger partial charge in [-0.15, -0.1) is 11.3 Å². The van der Waals surface area contributed by atoms with Crippen molar-refractivity contribution in [1.82, 2.24) is 10.6 Å². The summed E-state index contributed by atoms with van der Waals surface area (Å²) in [6.07, 6.45) is 8.89. The quantitative estimate of drug-likeness (QED) is 0.847. The average molecular weight is 304 g/mol. The minimum Gasteiger partial charge on any atom is -0.349 e. The minimum atomic E-state index is 0.132. The Morgan fingerprint density at radius 3 is 2.81 bits per heavy atom. The summed E-state index contributed by atoms with van der Waals surface area (Å²) in [5.74, 6) is 1.73. The lowest BCUT2D eigenvalue weighted by atomic mass is 10.2. The Labute approximate surface area is 130 Å². The summed E-state index contributed by atoms with van der Waals surface area (Å²) in [5.41, 5.74) is 0.870. The molecule has 1 amide bonds. The van der Waals surface area contributed by atoms with Crippen LogP contribution >= 0.6 is 11.3 Å². The van der Waals surface area contributed by atoms with Crippen LogP contribution in [-0.2, 0) is 0 Å². The molecule has 2 unspecified atom stereocenters. The first kappa shape index (κ1) is 13.8. The predicted molar refractivity (Wildman–Crippen MR) is 85.9 cm³/mol. The van der Waals surface area contributed by atoms with Gasteiger partial charge in [0.05, 0.1) is 5.56 Å². The van der Waals surface area contributed by atoms with Crippen molar-refractivity contribution in [2.45, 2.75) is 62.9 Å². The van der Waals surface area contributed by atoms with E-state index < -0.39 is 0 Å². The first-order chi connectivity index (χ1) is 10.3. The lowest BCUT2D eigenvalue weighted by molar-refractivity contribution is 0.0938. The number of nitrogens with one attached hydrogen (secondary N) is 2. The summed E-state index contributed by atoms with van der Waals surface area (Å²) in [6, 6.07) is 3.20. The first-order valence-corrected chi connectivity index (χ1v) is 9.30. The van der Waals surface area contributed by atoms with Crippen LogP contribution in [0.15, 0.2) is 11.4 Å². The molecule has 0 bridgehead atoms. The van der Waals surface area contributed by atoms with Crippen LogP contribution in [-0.4, -0.2) is 24.5 Å². The van der Waals surface area contributed by atoms with Gasteiger partial charge in [0.2, 0.25) is 0 Å². The van der Waals surface area contributed by atoms with E-state index in [9.17, 15) is 4.79 Å². The van der Waals surface area contributed by atoms with Crippen molar-refractivity contribution in [2.24, 2.45) is 5.92 Å². The fourth-order valence-electron chi connectivity index (χ4n) is 3.38. The van der Waals surface area contributed by atoms with Crippen molar-refractivity contribution in [3.8, 4) is 0 Å². The van der Waals surface area contributed by atoms with Crippen molar-refractivity contribution < 1.29 is 4.79 Å². The molecule has 2 atom stereocenters. The van der Waals surface area contributed by atoms with E-state index in [1.807, 2.05) is 5.38 Å². The normalized spacial score (nSPS) is 28.8. The van der Waals surface area contributed by atoms with Crippen LogP contribution in [0, 0.1) is 5.92 Å². The Kier molecular flexibility index (Phi) is 3.76. The topological polar surface area (TPSA) is 41.1 Å². The Bertz CT molecular complexity index is 517. The van der Waals surface area contributed by atoms with Gasteiger partial charge in [0.1, 0.15) is 0 Å². The van der Waals surface area contributed by atoms with E-state index in [-0.39, 0.29) is 5.91 Å². The number of rotatable bonds is 6. The molecule has 0 aromatic carbocycles. The molecule has 114 valence electrons. The average Bonchev–Trinajstić information content (AvgIpc) is 3.35. The van der Waals surface area contributed by atoms with Crippen molar-refractivity contribution in [2.75, 3.05) is 6.54 Å². The maximum atomic E-state index is 12.2. The molecule has 0 aliphatic heterocycles. The van der Waals surface area contributed by atoms with Gasteiger partial charge in [0.25, 0.3) is 5.91 Å². The second-order valence-electron chi connectivity index (χ2n) is 6.99. The molecule has 4 heteroatoms. The minimum absolute atomic E-state index is 0.132. The Morgan fingerprint density at radius 1 is 1.24 bits per heavy atom. The zero-order chi connectivity index (χ0) is 14.2. The lowest BCUT2D eigenvalue weighted by Gasteiger charge is -2.10. The molecule has 1 aromatic rings. The number of thiophene rings is 1. The summed E-state index contributed by atoms with van der Waals surface area (Å²) in [6.45, 7) is 1.20. The van der Waals surface area contributed by atoms with E-state index in [1.54, 1.807) is 11.3 Å². The maximum absolute atomic E-state index is 12.2. The largest absolute Gasteiger partial charge is 0.349 e. The summed E-state index contributed by atoms with van der Waals surface area (Å²) in [5, 5.41) is 8.89. The third-order valence-corrected chi connectivity index (χ3v) is 6.16. The zero-order valence-electron chi connectivity index (χ0n) is 12.4. The number of hydrogen-bond acceptors (Lipinski definition) is 3. The Balaban J connectivity index is 1.29. The van der Waals surface area contributed by atoms with Crippen LogP contribution in [0.25, 0.3) is 0 Å². The predicted octanol–water partition coefficient (Wildman–Crippen LogP) is 3.28. The second-order valence-corrected chi connectivity index (χ2v) is 7.94. The second kappa shape index (κ2) is 5.73. The highest BCUT2D eigenvalue weighted by Crippen LogP contribution is 2.44. The van der Waals surface area contributed by atoms with Gasteiger partial charge < -0.3 is 10.6 Å². The van der Waals surface area contributed by atoms with E-state index in [0.717, 1.165) is 24.3 Å². The van der Waals surface area contributed by atoms with E-state index in [4.69, 9.17) is 0 Å². The van der Waals surface area contributed by atoms with Gasteiger partial charge in [-0.25, -0.2) is 0 Å². The monoisotopic (exact) mass is 304 g/mol. The molecule has 0 radical (unpaired) electrons. The summed E-state index contributed by atoms with van der Waals surface area (Å²) in [4.78, 5) is 13.6. The van der Waals surface area contributed by atoms with Gasteiger partial charge >= 0.3 is 0 Å². The third kappa shape index (κ3) is 3.32. The van der Waals surface area contributed by atoms with E-state index in [2.05, 4.69) is 16.7 Å². The van der Waals surface area contributed by atoms with Crippen LogP contribution in [0.5, 0.6) is 0 Å². The molecule has 3 saturated carbocycles. The smallest absolute Gasteiger partial charge is 0.252 e. The standard InChI is InChI=1S/C17H24N2OS/c20-17(19-13-3-1-2-4-13)12-7-16(21-10-12)14-8-15(14)18-9-11-5-6-11/h7,10-11,13-15,18H,1-6,8-9H2,(H,19,20). The van der Waals surface area contributed by atoms with Crippen LogP contribution in [0.1, 0.15) is 66.1 Å². The number of carbonyl (C=O) groups excluding carboxylic acids is 1. The fourth-order valence-corrected chi connectivity index (χ4v) is 4.45. The highest BCUT2D eigenvalue weighted by molar-refractivity contribution is 7.10. The number of carbonyl (C=O) groups is 1. The van der Waals surface area contributed by atoms with E-state index in [1.165, 1.54) is 43.5 Å². The first-order valence-electron chi connectivity index (χ1n) is 8.42. The molecule has 0 saturated heterocycles. The van der Waals surface area contributed by atoms with Crippen LogP contribution < -0.4 is 10.6 Å². The molecule has 0 spiro atoms. The highest BCUT2D eigenvalue weighted by atomic mass is 32.1. The molecular weight excluding hydrogens is 280 g/mol. The molecule has 4 rings (SSSR count). The molecular formula is C17H24N2OS. The van der Waals surface area contributed by atoms with E-state index >= 15 is 0 Å². The summed E-state index contributed by atoms with van der Waals surface area (Å²) >= 11 is 1.76. The Hall–Kier alpha value is -0.870. The molecule has 3 nitrogen and oxygen atoms in total. The van der Waals surface area contributed by atoms with E-state index in [0.29, 0.717) is 18.0 Å². The van der Waals surface area contributed by atoms with Gasteiger partial charge in [-0.2, -0.15) is 0 Å². The van der Waals surface area contributed by atoms with Gasteiger partial charge in [0, 0.05) is 28.3 Å². The summed E-state index contributed by atoms with van der Waals surface area (Å²) < 4.78 is 0. The molecule has 1 aromatic heterocycles. The van der Waals surface area contributed by atoms with Crippen LogP contribution in [0.4, 0.5) is 0 Å². The molecule has 21 heavy (non-hydrogen) atoms. The highest BCUT2D eigenvalue weighted by Gasteiger charge is 2.40. The van der Waals surface area contributed by atoms with Gasteiger partial charge in [0.15, 0.2) is 0 Å². The van der Waals surface area contributed by atoms with Gasteiger partial charge in [-0.1, -0.05) is 12.8 Å².